The molecule has 1 fully saturated rings. The molecule has 0 unspecified atom stereocenters. The molecule has 4 rings (SSSR count). The normalized spacial score (nSPS) is 16.0. The molecular formula is C23H29N5O2. The summed E-state index contributed by atoms with van der Waals surface area (Å²) in [5.74, 6) is -0.0664. The number of pyridine rings is 1. The maximum absolute atomic E-state index is 13.1. The van der Waals surface area contributed by atoms with Gasteiger partial charge in [-0.1, -0.05) is 18.2 Å². The van der Waals surface area contributed by atoms with Crippen molar-refractivity contribution in [3.8, 4) is 0 Å². The van der Waals surface area contributed by atoms with Crippen LogP contribution in [0, 0.1) is 13.8 Å². The van der Waals surface area contributed by atoms with Gasteiger partial charge in [-0.15, -0.1) is 0 Å². The van der Waals surface area contributed by atoms with Gasteiger partial charge in [0.2, 0.25) is 0 Å². The molecule has 7 nitrogen and oxygen atoms in total. The standard InChI is InChI=1S/C23H29N5O2/c1-16-12-17(2)28(26-16)15-19-13-21(20-6-4-5-7-22(20)25-19)23(29)24-14-18(3)27-8-10-30-11-9-27/h4-7,12-13,18H,8-11,14-15H2,1-3H3,(H,24,29)/t18-/m0/s1. The third-order valence-corrected chi connectivity index (χ3v) is 5.66. The lowest BCUT2D eigenvalue weighted by molar-refractivity contribution is 0.0204. The number of hydrogen-bond donors (Lipinski definition) is 1. The average molecular weight is 408 g/mol. The van der Waals surface area contributed by atoms with E-state index in [-0.39, 0.29) is 11.9 Å². The molecule has 1 aromatic carbocycles. The maximum Gasteiger partial charge on any atom is 0.252 e. The fourth-order valence-corrected chi connectivity index (χ4v) is 3.97. The summed E-state index contributed by atoms with van der Waals surface area (Å²) in [7, 11) is 0. The number of fused-ring (bicyclic) bond motifs is 1. The third kappa shape index (κ3) is 4.52. The zero-order valence-corrected chi connectivity index (χ0v) is 17.9. The van der Waals surface area contributed by atoms with Crippen LogP contribution in [0.2, 0.25) is 0 Å². The van der Waals surface area contributed by atoms with Crippen LogP contribution in [0.5, 0.6) is 0 Å². The first kappa shape index (κ1) is 20.5. The number of nitrogens with zero attached hydrogens (tertiary/aromatic N) is 4. The Kier molecular flexibility index (Phi) is 6.11. The first-order valence-electron chi connectivity index (χ1n) is 10.5. The summed E-state index contributed by atoms with van der Waals surface area (Å²) in [4.78, 5) is 20.2. The van der Waals surface area contributed by atoms with Crippen LogP contribution in [-0.2, 0) is 11.3 Å². The Morgan fingerprint density at radius 1 is 1.20 bits per heavy atom. The van der Waals surface area contributed by atoms with Crippen molar-refractivity contribution < 1.29 is 9.53 Å². The lowest BCUT2D eigenvalue weighted by Gasteiger charge is -2.32. The Hall–Kier alpha value is -2.77. The SMILES string of the molecule is Cc1cc(C)n(Cc2cc(C(=O)NC[C@H](C)N3CCOCC3)c3ccccc3n2)n1. The van der Waals surface area contributed by atoms with Gasteiger partial charge < -0.3 is 10.1 Å². The molecule has 1 aliphatic heterocycles. The summed E-state index contributed by atoms with van der Waals surface area (Å²) >= 11 is 0. The minimum atomic E-state index is -0.0664. The van der Waals surface area contributed by atoms with Gasteiger partial charge in [0.25, 0.3) is 5.91 Å². The lowest BCUT2D eigenvalue weighted by Crippen LogP contribution is -2.47. The number of morpholine rings is 1. The van der Waals surface area contributed by atoms with Gasteiger partial charge in [0.1, 0.15) is 0 Å². The van der Waals surface area contributed by atoms with Gasteiger partial charge >= 0.3 is 0 Å². The fraction of sp³-hybridized carbons (Fsp3) is 0.435. The molecule has 7 heteroatoms. The van der Waals surface area contributed by atoms with E-state index >= 15 is 0 Å². The molecule has 0 saturated carbocycles. The largest absolute Gasteiger partial charge is 0.379 e. The zero-order chi connectivity index (χ0) is 21.1. The number of para-hydroxylation sites is 1. The molecule has 3 aromatic rings. The van der Waals surface area contributed by atoms with Gasteiger partial charge in [-0.2, -0.15) is 5.10 Å². The van der Waals surface area contributed by atoms with Crippen molar-refractivity contribution in [3.63, 3.8) is 0 Å². The highest BCUT2D eigenvalue weighted by molar-refractivity contribution is 6.06. The molecule has 1 atom stereocenters. The van der Waals surface area contributed by atoms with Crippen molar-refractivity contribution in [2.45, 2.75) is 33.4 Å². The smallest absolute Gasteiger partial charge is 0.252 e. The van der Waals surface area contributed by atoms with Crippen LogP contribution >= 0.6 is 0 Å². The number of nitrogens with one attached hydrogen (secondary N) is 1. The Bertz CT molecular complexity index is 1040. The number of benzene rings is 1. The number of carbonyl (C=O) groups is 1. The van der Waals surface area contributed by atoms with Gasteiger partial charge in [-0.3, -0.25) is 19.4 Å². The number of carbonyl (C=O) groups excluding carboxylic acids is 1. The maximum atomic E-state index is 13.1. The molecule has 0 bridgehead atoms. The van der Waals surface area contributed by atoms with Crippen LogP contribution in [0.4, 0.5) is 0 Å². The Morgan fingerprint density at radius 2 is 1.97 bits per heavy atom. The van der Waals surface area contributed by atoms with Gasteiger partial charge in [0.15, 0.2) is 0 Å². The summed E-state index contributed by atoms with van der Waals surface area (Å²) in [5.41, 5.74) is 4.36. The van der Waals surface area contributed by atoms with E-state index < -0.39 is 0 Å². The van der Waals surface area contributed by atoms with E-state index in [0.717, 1.165) is 54.3 Å². The highest BCUT2D eigenvalue weighted by Gasteiger charge is 2.19. The number of amides is 1. The minimum Gasteiger partial charge on any atom is -0.379 e. The highest BCUT2D eigenvalue weighted by Crippen LogP contribution is 2.19. The molecule has 2 aromatic heterocycles. The summed E-state index contributed by atoms with van der Waals surface area (Å²) in [6.45, 7) is 10.6. The molecular weight excluding hydrogens is 378 g/mol. The predicted octanol–water partition coefficient (Wildman–Crippen LogP) is 2.55. The Labute approximate surface area is 177 Å². The highest BCUT2D eigenvalue weighted by atomic mass is 16.5. The third-order valence-electron chi connectivity index (χ3n) is 5.66. The van der Waals surface area contributed by atoms with E-state index in [2.05, 4.69) is 22.2 Å². The number of ether oxygens (including phenoxy) is 1. The zero-order valence-electron chi connectivity index (χ0n) is 17.9. The number of rotatable bonds is 6. The van der Waals surface area contributed by atoms with Crippen molar-refractivity contribution in [1.82, 2.24) is 25.0 Å². The first-order chi connectivity index (χ1) is 14.5. The number of aromatic nitrogens is 3. The van der Waals surface area contributed by atoms with E-state index in [9.17, 15) is 4.79 Å². The average Bonchev–Trinajstić information content (AvgIpc) is 3.08. The molecule has 0 spiro atoms. The summed E-state index contributed by atoms with van der Waals surface area (Å²) in [5, 5.41) is 8.52. The van der Waals surface area contributed by atoms with Crippen molar-refractivity contribution in [2.24, 2.45) is 0 Å². The molecule has 1 saturated heterocycles. The van der Waals surface area contributed by atoms with Crippen LogP contribution in [0.25, 0.3) is 10.9 Å². The predicted molar refractivity (Wildman–Crippen MR) is 117 cm³/mol. The van der Waals surface area contributed by atoms with Crippen LogP contribution in [-0.4, -0.2) is 64.5 Å². The van der Waals surface area contributed by atoms with E-state index in [1.54, 1.807) is 0 Å². The van der Waals surface area contributed by atoms with Gasteiger partial charge in [0, 0.05) is 36.8 Å². The van der Waals surface area contributed by atoms with Crippen molar-refractivity contribution in [2.75, 3.05) is 32.8 Å². The van der Waals surface area contributed by atoms with Crippen LogP contribution in [0.3, 0.4) is 0 Å². The quantitative estimate of drug-likeness (QED) is 0.680. The molecule has 3 heterocycles. The van der Waals surface area contributed by atoms with E-state index in [1.807, 2.05) is 54.9 Å². The van der Waals surface area contributed by atoms with Gasteiger partial charge in [-0.25, -0.2) is 0 Å². The van der Waals surface area contributed by atoms with Crippen LogP contribution < -0.4 is 5.32 Å². The van der Waals surface area contributed by atoms with E-state index in [4.69, 9.17) is 9.72 Å². The van der Waals surface area contributed by atoms with Gasteiger partial charge in [0.05, 0.1) is 42.2 Å². The van der Waals surface area contributed by atoms with Crippen LogP contribution in [0.15, 0.2) is 36.4 Å². The first-order valence-corrected chi connectivity index (χ1v) is 10.5. The van der Waals surface area contributed by atoms with Gasteiger partial charge in [-0.05, 0) is 39.0 Å². The summed E-state index contributed by atoms with van der Waals surface area (Å²) in [6.07, 6.45) is 0. The molecule has 1 amide bonds. The van der Waals surface area contributed by atoms with E-state index in [1.165, 1.54) is 0 Å². The number of aryl methyl sites for hydroxylation is 2. The van der Waals surface area contributed by atoms with Crippen molar-refractivity contribution >= 4 is 16.8 Å². The molecule has 0 radical (unpaired) electrons. The molecule has 1 aliphatic rings. The molecule has 30 heavy (non-hydrogen) atoms. The fourth-order valence-electron chi connectivity index (χ4n) is 3.97. The summed E-state index contributed by atoms with van der Waals surface area (Å²) < 4.78 is 7.35. The molecule has 1 N–H and O–H groups in total. The van der Waals surface area contributed by atoms with Crippen molar-refractivity contribution in [1.29, 1.82) is 0 Å². The summed E-state index contributed by atoms with van der Waals surface area (Å²) in [6, 6.07) is 12.0. The second kappa shape index (κ2) is 8.93. The lowest BCUT2D eigenvalue weighted by atomic mass is 10.1. The molecule has 0 aliphatic carbocycles. The monoisotopic (exact) mass is 407 g/mol. The minimum absolute atomic E-state index is 0.0664. The second-order valence-electron chi connectivity index (χ2n) is 7.97. The second-order valence-corrected chi connectivity index (χ2v) is 7.97. The Balaban J connectivity index is 1.55. The number of hydrogen-bond acceptors (Lipinski definition) is 5. The van der Waals surface area contributed by atoms with Crippen molar-refractivity contribution in [3.05, 3.63) is 59.0 Å². The molecule has 158 valence electrons. The topological polar surface area (TPSA) is 72.3 Å². The Morgan fingerprint density at radius 3 is 2.70 bits per heavy atom. The van der Waals surface area contributed by atoms with Crippen LogP contribution in [0.1, 0.15) is 34.4 Å². The van der Waals surface area contributed by atoms with E-state index in [0.29, 0.717) is 18.7 Å².